The van der Waals surface area contributed by atoms with Gasteiger partial charge in [-0.05, 0) is 43.4 Å². The van der Waals surface area contributed by atoms with Gasteiger partial charge >= 0.3 is 6.18 Å². The number of fused-ring (bicyclic) bond motifs is 1. The molecular weight excluding hydrogens is 241 g/mol. The van der Waals surface area contributed by atoms with Crippen molar-refractivity contribution in [2.24, 2.45) is 17.8 Å². The smallest absolute Gasteiger partial charge is 0.389 e. The van der Waals surface area contributed by atoms with Crippen LogP contribution in [0.4, 0.5) is 13.2 Å². The van der Waals surface area contributed by atoms with Crippen LogP contribution in [0.2, 0.25) is 0 Å². The number of alkyl halides is 3. The van der Waals surface area contributed by atoms with Gasteiger partial charge in [0.2, 0.25) is 0 Å². The van der Waals surface area contributed by atoms with Crippen molar-refractivity contribution < 1.29 is 18.3 Å². The van der Waals surface area contributed by atoms with E-state index < -0.39 is 18.7 Å². The summed E-state index contributed by atoms with van der Waals surface area (Å²) in [5, 5.41) is 9.93. The summed E-state index contributed by atoms with van der Waals surface area (Å²) in [4.78, 5) is 0. The van der Waals surface area contributed by atoms with Crippen molar-refractivity contribution in [2.75, 3.05) is 0 Å². The Morgan fingerprint density at radius 2 is 1.67 bits per heavy atom. The third-order valence-corrected chi connectivity index (χ3v) is 4.85. The van der Waals surface area contributed by atoms with Crippen molar-refractivity contribution >= 4 is 0 Å². The summed E-state index contributed by atoms with van der Waals surface area (Å²) >= 11 is 0. The van der Waals surface area contributed by atoms with Gasteiger partial charge in [0.05, 0.1) is 6.10 Å². The zero-order valence-corrected chi connectivity index (χ0v) is 10.8. The lowest BCUT2D eigenvalue weighted by Crippen LogP contribution is -2.33. The molecule has 0 bridgehead atoms. The molecule has 0 amide bonds. The number of halogens is 3. The molecule has 18 heavy (non-hydrogen) atoms. The van der Waals surface area contributed by atoms with Crippen molar-refractivity contribution in [3.05, 3.63) is 0 Å². The second-order valence-electron chi connectivity index (χ2n) is 6.10. The molecule has 4 heteroatoms. The van der Waals surface area contributed by atoms with E-state index in [9.17, 15) is 18.3 Å². The van der Waals surface area contributed by atoms with Crippen molar-refractivity contribution in [1.29, 1.82) is 0 Å². The van der Waals surface area contributed by atoms with Crippen LogP contribution in [0.25, 0.3) is 0 Å². The van der Waals surface area contributed by atoms with Crippen molar-refractivity contribution in [3.8, 4) is 0 Å². The topological polar surface area (TPSA) is 20.2 Å². The van der Waals surface area contributed by atoms with E-state index in [2.05, 4.69) is 0 Å². The molecule has 2 rings (SSSR count). The third kappa shape index (κ3) is 3.87. The first-order chi connectivity index (χ1) is 8.46. The zero-order valence-electron chi connectivity index (χ0n) is 10.8. The van der Waals surface area contributed by atoms with Gasteiger partial charge in [0.1, 0.15) is 0 Å². The van der Waals surface area contributed by atoms with Crippen LogP contribution in [0.3, 0.4) is 0 Å². The number of hydrogen-bond donors (Lipinski definition) is 1. The van der Waals surface area contributed by atoms with Crippen LogP contribution < -0.4 is 0 Å². The molecule has 0 aromatic carbocycles. The number of aliphatic hydroxyl groups is 1. The first kappa shape index (κ1) is 14.2. The molecule has 4 atom stereocenters. The molecule has 2 aliphatic rings. The summed E-state index contributed by atoms with van der Waals surface area (Å²) in [6.07, 6.45) is 2.18. The average Bonchev–Trinajstić information content (AvgIpc) is 2.34. The Bertz CT molecular complexity index is 264. The van der Waals surface area contributed by atoms with Gasteiger partial charge in [0.15, 0.2) is 0 Å². The summed E-state index contributed by atoms with van der Waals surface area (Å²) in [6.45, 7) is 0. The fraction of sp³-hybridized carbons (Fsp3) is 1.00. The number of aliphatic hydroxyl groups excluding tert-OH is 1. The van der Waals surface area contributed by atoms with Gasteiger partial charge in [-0.1, -0.05) is 25.7 Å². The van der Waals surface area contributed by atoms with E-state index in [4.69, 9.17) is 0 Å². The Kier molecular flexibility index (Phi) is 4.57. The van der Waals surface area contributed by atoms with E-state index in [1.54, 1.807) is 0 Å². The van der Waals surface area contributed by atoms with Crippen molar-refractivity contribution in [2.45, 2.75) is 70.1 Å². The first-order valence-electron chi connectivity index (χ1n) is 7.20. The maximum Gasteiger partial charge on any atom is 0.389 e. The lowest BCUT2D eigenvalue weighted by Gasteiger charge is -2.40. The van der Waals surface area contributed by atoms with Gasteiger partial charge in [-0.2, -0.15) is 13.2 Å². The molecule has 1 nitrogen and oxygen atoms in total. The summed E-state index contributed by atoms with van der Waals surface area (Å²) in [5.41, 5.74) is 0. The molecule has 4 unspecified atom stereocenters. The van der Waals surface area contributed by atoms with Gasteiger partial charge in [-0.15, -0.1) is 0 Å². The average molecular weight is 264 g/mol. The highest BCUT2D eigenvalue weighted by atomic mass is 19.4. The van der Waals surface area contributed by atoms with Crippen LogP contribution in [0, 0.1) is 17.8 Å². The van der Waals surface area contributed by atoms with E-state index in [-0.39, 0.29) is 12.3 Å². The van der Waals surface area contributed by atoms with E-state index in [0.29, 0.717) is 5.92 Å². The zero-order chi connectivity index (χ0) is 13.2. The van der Waals surface area contributed by atoms with Crippen LogP contribution in [-0.2, 0) is 0 Å². The molecule has 1 N–H and O–H groups in total. The molecule has 0 spiro atoms. The van der Waals surface area contributed by atoms with Gasteiger partial charge in [-0.3, -0.25) is 0 Å². The fourth-order valence-electron chi connectivity index (χ4n) is 3.81. The molecule has 2 aliphatic carbocycles. The van der Waals surface area contributed by atoms with Gasteiger partial charge in [0, 0.05) is 6.42 Å². The Labute approximate surface area is 107 Å². The Hall–Kier alpha value is -0.250. The van der Waals surface area contributed by atoms with Crippen LogP contribution >= 0.6 is 0 Å². The normalized spacial score (nSPS) is 35.0. The standard InChI is InChI=1S/C14H23F3O/c15-14(16,17)8-7-13(18)12-6-5-10-3-1-2-4-11(10)9-12/h10-13,18H,1-9H2. The van der Waals surface area contributed by atoms with Crippen LogP contribution in [0.1, 0.15) is 57.8 Å². The van der Waals surface area contributed by atoms with E-state index >= 15 is 0 Å². The Morgan fingerprint density at radius 3 is 2.33 bits per heavy atom. The fourth-order valence-corrected chi connectivity index (χ4v) is 3.81. The van der Waals surface area contributed by atoms with Crippen LogP contribution in [0.5, 0.6) is 0 Å². The maximum absolute atomic E-state index is 12.1. The Balaban J connectivity index is 1.79. The predicted octanol–water partition coefficient (Wildman–Crippen LogP) is 4.30. The summed E-state index contributed by atoms with van der Waals surface area (Å²) in [5.74, 6) is 1.55. The summed E-state index contributed by atoms with van der Waals surface area (Å²) in [6, 6.07) is 0. The van der Waals surface area contributed by atoms with Crippen molar-refractivity contribution in [3.63, 3.8) is 0 Å². The molecule has 2 saturated carbocycles. The second-order valence-corrected chi connectivity index (χ2v) is 6.10. The minimum Gasteiger partial charge on any atom is -0.393 e. The number of rotatable bonds is 3. The van der Waals surface area contributed by atoms with Gasteiger partial charge in [0.25, 0.3) is 0 Å². The first-order valence-corrected chi connectivity index (χ1v) is 7.20. The molecule has 0 saturated heterocycles. The number of hydrogen-bond acceptors (Lipinski definition) is 1. The van der Waals surface area contributed by atoms with Crippen LogP contribution in [-0.4, -0.2) is 17.4 Å². The van der Waals surface area contributed by atoms with E-state index in [1.165, 1.54) is 25.7 Å². The van der Waals surface area contributed by atoms with Crippen LogP contribution in [0.15, 0.2) is 0 Å². The van der Waals surface area contributed by atoms with Gasteiger partial charge in [-0.25, -0.2) is 0 Å². The predicted molar refractivity (Wildman–Crippen MR) is 64.1 cm³/mol. The molecule has 106 valence electrons. The second kappa shape index (κ2) is 5.81. The highest BCUT2D eigenvalue weighted by Crippen LogP contribution is 2.44. The minimum absolute atomic E-state index is 0.103. The van der Waals surface area contributed by atoms with E-state index in [0.717, 1.165) is 25.2 Å². The highest BCUT2D eigenvalue weighted by molar-refractivity contribution is 4.85. The monoisotopic (exact) mass is 264 g/mol. The lowest BCUT2D eigenvalue weighted by atomic mass is 9.66. The minimum atomic E-state index is -4.14. The molecule has 0 heterocycles. The molecule has 0 aromatic rings. The van der Waals surface area contributed by atoms with E-state index in [1.807, 2.05) is 0 Å². The SMILES string of the molecule is OC(CCC(F)(F)F)C1CCC2CCCCC2C1. The molecule has 0 radical (unpaired) electrons. The molecule has 0 aromatic heterocycles. The van der Waals surface area contributed by atoms with Crippen molar-refractivity contribution in [1.82, 2.24) is 0 Å². The largest absolute Gasteiger partial charge is 0.393 e. The summed E-state index contributed by atoms with van der Waals surface area (Å²) in [7, 11) is 0. The molecule has 2 fully saturated rings. The third-order valence-electron chi connectivity index (χ3n) is 4.85. The summed E-state index contributed by atoms with van der Waals surface area (Å²) < 4.78 is 36.4. The maximum atomic E-state index is 12.1. The lowest BCUT2D eigenvalue weighted by molar-refractivity contribution is -0.142. The van der Waals surface area contributed by atoms with Gasteiger partial charge < -0.3 is 5.11 Å². The highest BCUT2D eigenvalue weighted by Gasteiger charge is 2.36. The quantitative estimate of drug-likeness (QED) is 0.806. The molecular formula is C14H23F3O. The Morgan fingerprint density at radius 1 is 1.00 bits per heavy atom. The molecule has 0 aliphatic heterocycles.